The fraction of sp³-hybridized carbons (Fsp3) is 0.286. The van der Waals surface area contributed by atoms with Gasteiger partial charge < -0.3 is 0 Å². The van der Waals surface area contributed by atoms with Crippen LogP contribution < -0.4 is 5.56 Å². The number of hydrogen-bond acceptors (Lipinski definition) is 3. The highest BCUT2D eigenvalue weighted by Crippen LogP contribution is 2.31. The zero-order chi connectivity index (χ0) is 18.8. The summed E-state index contributed by atoms with van der Waals surface area (Å²) >= 11 is 12.1. The van der Waals surface area contributed by atoms with Gasteiger partial charge in [-0.1, -0.05) is 60.7 Å². The SMILES string of the molecule is O=c1c2ccccc2nc(C2CCCCC2)n1N=Cc1ccc(Cl)c(Cl)c1. The number of hydrogen-bond donors (Lipinski definition) is 0. The molecule has 1 heterocycles. The lowest BCUT2D eigenvalue weighted by Crippen LogP contribution is -2.25. The Labute approximate surface area is 167 Å². The van der Waals surface area contributed by atoms with Gasteiger partial charge in [-0.05, 0) is 42.7 Å². The molecular weight excluding hydrogens is 381 g/mol. The molecule has 1 aromatic heterocycles. The van der Waals surface area contributed by atoms with Gasteiger partial charge in [0, 0.05) is 5.92 Å². The zero-order valence-corrected chi connectivity index (χ0v) is 16.2. The van der Waals surface area contributed by atoms with Crippen molar-refractivity contribution in [2.24, 2.45) is 5.10 Å². The maximum Gasteiger partial charge on any atom is 0.282 e. The van der Waals surface area contributed by atoms with E-state index in [1.54, 1.807) is 24.4 Å². The monoisotopic (exact) mass is 399 g/mol. The highest BCUT2D eigenvalue weighted by molar-refractivity contribution is 6.42. The van der Waals surface area contributed by atoms with Crippen LogP contribution in [-0.4, -0.2) is 15.9 Å². The first-order chi connectivity index (χ1) is 13.1. The van der Waals surface area contributed by atoms with Gasteiger partial charge in [0.2, 0.25) is 0 Å². The van der Waals surface area contributed by atoms with Crippen LogP contribution in [0.4, 0.5) is 0 Å². The van der Waals surface area contributed by atoms with Gasteiger partial charge in [0.15, 0.2) is 0 Å². The molecule has 0 N–H and O–H groups in total. The quantitative estimate of drug-likeness (QED) is 0.535. The minimum Gasteiger partial charge on any atom is -0.267 e. The van der Waals surface area contributed by atoms with Gasteiger partial charge in [0.05, 0.1) is 27.2 Å². The number of nitrogens with zero attached hydrogens (tertiary/aromatic N) is 3. The van der Waals surface area contributed by atoms with Crippen molar-refractivity contribution >= 4 is 40.3 Å². The molecule has 4 nitrogen and oxygen atoms in total. The van der Waals surface area contributed by atoms with Crippen LogP contribution in [0.5, 0.6) is 0 Å². The summed E-state index contributed by atoms with van der Waals surface area (Å²) in [6.45, 7) is 0. The predicted molar refractivity (Wildman–Crippen MR) is 111 cm³/mol. The fourth-order valence-electron chi connectivity index (χ4n) is 3.59. The highest BCUT2D eigenvalue weighted by Gasteiger charge is 2.22. The zero-order valence-electron chi connectivity index (χ0n) is 14.7. The van der Waals surface area contributed by atoms with Crippen LogP contribution >= 0.6 is 23.2 Å². The molecule has 0 unspecified atom stereocenters. The number of halogens is 2. The van der Waals surface area contributed by atoms with Crippen molar-refractivity contribution in [2.45, 2.75) is 38.0 Å². The Balaban J connectivity index is 1.83. The second kappa shape index (κ2) is 7.83. The van der Waals surface area contributed by atoms with Crippen molar-refractivity contribution in [3.8, 4) is 0 Å². The molecule has 0 bridgehead atoms. The summed E-state index contributed by atoms with van der Waals surface area (Å²) in [5.41, 5.74) is 1.36. The third kappa shape index (κ3) is 3.78. The molecule has 0 saturated heterocycles. The van der Waals surface area contributed by atoms with E-state index in [1.165, 1.54) is 11.1 Å². The molecule has 1 aliphatic rings. The Morgan fingerprint density at radius 1 is 1.04 bits per heavy atom. The molecule has 0 radical (unpaired) electrons. The molecule has 4 rings (SSSR count). The summed E-state index contributed by atoms with van der Waals surface area (Å²) in [7, 11) is 0. The Bertz CT molecular complexity index is 1070. The maximum absolute atomic E-state index is 13.1. The topological polar surface area (TPSA) is 47.2 Å². The predicted octanol–water partition coefficient (Wildman–Crippen LogP) is 5.63. The van der Waals surface area contributed by atoms with Crippen molar-refractivity contribution in [3.63, 3.8) is 0 Å². The summed E-state index contributed by atoms with van der Waals surface area (Å²) in [6.07, 6.45) is 7.25. The Morgan fingerprint density at radius 2 is 1.81 bits per heavy atom. The van der Waals surface area contributed by atoms with E-state index in [4.69, 9.17) is 28.2 Å². The molecule has 0 atom stereocenters. The van der Waals surface area contributed by atoms with E-state index in [1.807, 2.05) is 24.3 Å². The van der Waals surface area contributed by atoms with Gasteiger partial charge in [-0.15, -0.1) is 0 Å². The third-order valence-corrected chi connectivity index (χ3v) is 5.75. The average molecular weight is 400 g/mol. The van der Waals surface area contributed by atoms with Crippen LogP contribution in [0.25, 0.3) is 10.9 Å². The third-order valence-electron chi connectivity index (χ3n) is 5.02. The van der Waals surface area contributed by atoms with Crippen molar-refractivity contribution < 1.29 is 0 Å². The van der Waals surface area contributed by atoms with E-state index < -0.39 is 0 Å². The van der Waals surface area contributed by atoms with Crippen LogP contribution in [0.15, 0.2) is 52.4 Å². The van der Waals surface area contributed by atoms with Gasteiger partial charge in [-0.25, -0.2) is 4.98 Å². The molecule has 0 spiro atoms. The normalized spacial score (nSPS) is 15.6. The largest absolute Gasteiger partial charge is 0.282 e. The van der Waals surface area contributed by atoms with Crippen LogP contribution in [-0.2, 0) is 0 Å². The average Bonchev–Trinajstić information content (AvgIpc) is 2.70. The summed E-state index contributed by atoms with van der Waals surface area (Å²) in [5, 5.41) is 6.00. The minimum atomic E-state index is -0.141. The van der Waals surface area contributed by atoms with Gasteiger partial charge in [-0.2, -0.15) is 9.78 Å². The molecule has 27 heavy (non-hydrogen) atoms. The van der Waals surface area contributed by atoms with Gasteiger partial charge in [0.25, 0.3) is 5.56 Å². The Kier molecular flexibility index (Phi) is 5.28. The van der Waals surface area contributed by atoms with Gasteiger partial charge >= 0.3 is 0 Å². The number of para-hydroxylation sites is 1. The van der Waals surface area contributed by atoms with Crippen molar-refractivity contribution in [1.82, 2.24) is 9.66 Å². The van der Waals surface area contributed by atoms with E-state index in [-0.39, 0.29) is 11.5 Å². The molecule has 1 fully saturated rings. The lowest BCUT2D eigenvalue weighted by Gasteiger charge is -2.22. The van der Waals surface area contributed by atoms with E-state index in [0.29, 0.717) is 15.4 Å². The second-order valence-electron chi connectivity index (χ2n) is 6.86. The van der Waals surface area contributed by atoms with Gasteiger partial charge in [-0.3, -0.25) is 4.79 Å². The highest BCUT2D eigenvalue weighted by atomic mass is 35.5. The lowest BCUT2D eigenvalue weighted by atomic mass is 9.88. The van der Waals surface area contributed by atoms with Crippen LogP contribution in [0.2, 0.25) is 10.0 Å². The van der Waals surface area contributed by atoms with Crippen molar-refractivity contribution in [3.05, 3.63) is 74.3 Å². The summed E-state index contributed by atoms with van der Waals surface area (Å²) < 4.78 is 1.46. The molecule has 1 saturated carbocycles. The van der Waals surface area contributed by atoms with E-state index >= 15 is 0 Å². The fourth-order valence-corrected chi connectivity index (χ4v) is 3.90. The Morgan fingerprint density at radius 3 is 2.59 bits per heavy atom. The Hall–Kier alpha value is -2.17. The molecule has 2 aromatic carbocycles. The summed E-state index contributed by atoms with van der Waals surface area (Å²) in [5.74, 6) is 0.997. The maximum atomic E-state index is 13.1. The molecule has 0 amide bonds. The molecular formula is C21H19Cl2N3O. The summed E-state index contributed by atoms with van der Waals surface area (Å²) in [4.78, 5) is 17.9. The smallest absolute Gasteiger partial charge is 0.267 e. The lowest BCUT2D eigenvalue weighted by molar-refractivity contribution is 0.416. The molecule has 0 aliphatic heterocycles. The molecule has 138 valence electrons. The van der Waals surface area contributed by atoms with Gasteiger partial charge in [0.1, 0.15) is 5.82 Å². The summed E-state index contributed by atoms with van der Waals surface area (Å²) in [6, 6.07) is 12.7. The van der Waals surface area contributed by atoms with E-state index in [2.05, 4.69) is 5.10 Å². The standard InChI is InChI=1S/C21H19Cl2N3O/c22-17-11-10-14(12-18(17)23)13-24-26-20(15-6-2-1-3-7-15)25-19-9-5-4-8-16(19)21(26)27/h4-5,8-13,15H,1-3,6-7H2. The van der Waals surface area contributed by atoms with E-state index in [0.717, 1.165) is 42.6 Å². The molecule has 3 aromatic rings. The van der Waals surface area contributed by atoms with Crippen molar-refractivity contribution in [1.29, 1.82) is 0 Å². The van der Waals surface area contributed by atoms with Crippen molar-refractivity contribution in [2.75, 3.05) is 0 Å². The number of fused-ring (bicyclic) bond motifs is 1. The van der Waals surface area contributed by atoms with Crippen LogP contribution in [0, 0.1) is 0 Å². The number of aromatic nitrogens is 2. The first-order valence-electron chi connectivity index (χ1n) is 9.14. The molecule has 6 heteroatoms. The second-order valence-corrected chi connectivity index (χ2v) is 7.67. The molecule has 1 aliphatic carbocycles. The first kappa shape index (κ1) is 18.2. The first-order valence-corrected chi connectivity index (χ1v) is 9.90. The van der Waals surface area contributed by atoms with Crippen LogP contribution in [0.1, 0.15) is 49.4 Å². The van der Waals surface area contributed by atoms with Crippen LogP contribution in [0.3, 0.4) is 0 Å². The minimum absolute atomic E-state index is 0.141. The van der Waals surface area contributed by atoms with E-state index in [9.17, 15) is 4.79 Å². The number of rotatable bonds is 3. The number of benzene rings is 2.